The molecular formula is C54H48ClIrP3. The van der Waals surface area contributed by atoms with E-state index < -0.39 is 29.3 Å². The summed E-state index contributed by atoms with van der Waals surface area (Å²) in [5.41, 5.74) is -10.4. The molecule has 0 unspecified atom stereocenters. The van der Waals surface area contributed by atoms with Gasteiger partial charge in [0, 0.05) is 0 Å². The predicted molar refractivity (Wildman–Crippen MR) is 265 cm³/mol. The Morgan fingerprint density at radius 3 is 0.390 bits per heavy atom. The molecule has 0 nitrogen and oxygen atoms in total. The molecule has 0 aliphatic rings. The van der Waals surface area contributed by atoms with E-state index in [1.165, 1.54) is 47.7 Å². The molecule has 0 saturated heterocycles. The molecule has 5 heteroatoms. The molecule has 295 valence electrons. The van der Waals surface area contributed by atoms with E-state index in [-0.39, 0.29) is 0 Å². The minimum atomic E-state index is -4.86. The van der Waals surface area contributed by atoms with Crippen molar-refractivity contribution < 1.29 is 12.8 Å². The first-order valence-electron chi connectivity index (χ1n) is 20.1. The SMILES string of the molecule is [Cl][Ir]([PH](c1ccccc1)(c1ccccc1)c1ccccc1)([PH](c1ccccc1)(c1ccccc1)c1ccccc1)[PH](c1ccccc1)(c1ccccc1)c1ccccc1. The Kier molecular flexibility index (Phi) is 11.7. The van der Waals surface area contributed by atoms with Crippen LogP contribution in [0.15, 0.2) is 273 Å². The van der Waals surface area contributed by atoms with Gasteiger partial charge in [-0.25, -0.2) is 0 Å². The van der Waals surface area contributed by atoms with Gasteiger partial charge in [-0.2, -0.15) is 0 Å². The summed E-state index contributed by atoms with van der Waals surface area (Å²) in [5.74, 6) is 0. The van der Waals surface area contributed by atoms with Crippen LogP contribution in [0.4, 0.5) is 0 Å². The Hall–Kier alpha value is -4.79. The van der Waals surface area contributed by atoms with Crippen LogP contribution in [0.3, 0.4) is 0 Å². The van der Waals surface area contributed by atoms with Crippen molar-refractivity contribution in [2.45, 2.75) is 0 Å². The second kappa shape index (κ2) is 17.4. The molecule has 0 aliphatic carbocycles. The van der Waals surface area contributed by atoms with E-state index >= 15 is 0 Å². The Morgan fingerprint density at radius 2 is 0.288 bits per heavy atom. The zero-order valence-corrected chi connectivity index (χ0v) is 38.8. The molecule has 0 atom stereocenters. The van der Waals surface area contributed by atoms with Gasteiger partial charge in [0.1, 0.15) is 0 Å². The zero-order chi connectivity index (χ0) is 40.0. The fourth-order valence-corrected chi connectivity index (χ4v) is 156. The molecule has 0 saturated carbocycles. The van der Waals surface area contributed by atoms with Gasteiger partial charge in [-0.15, -0.1) is 0 Å². The molecule has 0 aliphatic heterocycles. The quantitative estimate of drug-likeness (QED) is 0.107. The van der Waals surface area contributed by atoms with Crippen LogP contribution in [0.5, 0.6) is 0 Å². The van der Waals surface area contributed by atoms with E-state index in [4.69, 9.17) is 0 Å². The topological polar surface area (TPSA) is 0 Å². The van der Waals surface area contributed by atoms with E-state index in [0.29, 0.717) is 0 Å². The zero-order valence-electron chi connectivity index (χ0n) is 32.7. The van der Waals surface area contributed by atoms with Crippen molar-refractivity contribution in [3.05, 3.63) is 273 Å². The number of hydrogen-bond donors (Lipinski definition) is 0. The van der Waals surface area contributed by atoms with Crippen LogP contribution in [-0.2, 0) is 12.8 Å². The summed E-state index contributed by atoms with van der Waals surface area (Å²) in [6.45, 7) is 0. The van der Waals surface area contributed by atoms with E-state index in [1.807, 2.05) is 0 Å². The van der Waals surface area contributed by atoms with Crippen molar-refractivity contribution in [2.75, 3.05) is 0 Å². The molecular weight excluding hydrogens is 969 g/mol. The molecule has 0 N–H and O–H groups in total. The summed E-state index contributed by atoms with van der Waals surface area (Å²) in [6, 6.07) is 104. The molecule has 0 heterocycles. The molecule has 9 aromatic carbocycles. The summed E-state index contributed by atoms with van der Waals surface area (Å²) < 4.78 is 0. The van der Waals surface area contributed by atoms with Crippen molar-refractivity contribution in [1.82, 2.24) is 0 Å². The van der Waals surface area contributed by atoms with E-state index in [1.54, 1.807) is 0 Å². The molecule has 0 spiro atoms. The number of rotatable bonds is 12. The molecule has 9 rings (SSSR count). The fourth-order valence-electron chi connectivity index (χ4n) is 9.20. The van der Waals surface area contributed by atoms with Gasteiger partial charge in [0.2, 0.25) is 0 Å². The summed E-state index contributed by atoms with van der Waals surface area (Å²) in [4.78, 5) is 0. The van der Waals surface area contributed by atoms with Gasteiger partial charge in [0.25, 0.3) is 0 Å². The van der Waals surface area contributed by atoms with Crippen molar-refractivity contribution >= 4 is 73.8 Å². The van der Waals surface area contributed by atoms with Crippen molar-refractivity contribution in [3.63, 3.8) is 0 Å². The summed E-state index contributed by atoms with van der Waals surface area (Å²) >= 11 is -4.86. The number of halogens is 1. The van der Waals surface area contributed by atoms with Gasteiger partial charge in [-0.1, -0.05) is 0 Å². The van der Waals surface area contributed by atoms with Crippen LogP contribution in [-0.4, -0.2) is 0 Å². The first-order chi connectivity index (χ1) is 29.2. The van der Waals surface area contributed by atoms with Crippen LogP contribution in [0.2, 0.25) is 0 Å². The average Bonchev–Trinajstić information content (AvgIpc) is 3.33. The van der Waals surface area contributed by atoms with Gasteiger partial charge in [-0.05, 0) is 0 Å². The average molecular weight is 1020 g/mol. The van der Waals surface area contributed by atoms with Gasteiger partial charge < -0.3 is 0 Å². The fraction of sp³-hybridized carbons (Fsp3) is 0. The monoisotopic (exact) mass is 1020 g/mol. The molecule has 0 fully saturated rings. The summed E-state index contributed by atoms with van der Waals surface area (Å²) in [7, 11) is 10.5. The van der Waals surface area contributed by atoms with Crippen LogP contribution in [0, 0.1) is 0 Å². The minimum absolute atomic E-state index is 1.37. The predicted octanol–water partition coefficient (Wildman–Crippen LogP) is 10.2. The normalized spacial score (nSPS) is 14.3. The van der Waals surface area contributed by atoms with Crippen molar-refractivity contribution in [3.8, 4) is 0 Å². The first kappa shape index (κ1) is 39.7. The standard InChI is InChI=1S/3C18H15P.ClH.Ir/c3*1-4-10-16(11-5-1)19(17-12-6-2-7-13-17)18-14-8-3-9-15-18;;/h3*1-15H;1H;/q;;;;-2/p+2. The molecule has 0 aromatic heterocycles. The third kappa shape index (κ3) is 6.35. The second-order valence-corrected chi connectivity index (χ2v) is 71.6. The molecule has 0 amide bonds. The van der Waals surface area contributed by atoms with E-state index in [0.717, 1.165) is 0 Å². The summed E-state index contributed by atoms with van der Waals surface area (Å²) in [5, 5.41) is 12.3. The second-order valence-electron chi connectivity index (χ2n) is 14.6. The van der Waals surface area contributed by atoms with Gasteiger partial charge in [0.05, 0.1) is 0 Å². The maximum absolute atomic E-state index is 10.5. The van der Waals surface area contributed by atoms with Gasteiger partial charge in [0.15, 0.2) is 0 Å². The summed E-state index contributed by atoms with van der Waals surface area (Å²) in [6.07, 6.45) is 0. The van der Waals surface area contributed by atoms with E-state index in [9.17, 15) is 9.58 Å². The molecule has 9 aromatic rings. The van der Waals surface area contributed by atoms with E-state index in [2.05, 4.69) is 273 Å². The van der Waals surface area contributed by atoms with Crippen LogP contribution in [0.1, 0.15) is 0 Å². The number of hydrogen-bond acceptors (Lipinski definition) is 0. The first-order valence-corrected chi connectivity index (χ1v) is 39.3. The molecule has 0 radical (unpaired) electrons. The Balaban J connectivity index is 1.71. The Labute approximate surface area is 357 Å². The Bertz CT molecular complexity index is 2100. The van der Waals surface area contributed by atoms with Crippen LogP contribution in [0.25, 0.3) is 0 Å². The molecule has 0 bridgehead atoms. The van der Waals surface area contributed by atoms with Crippen LogP contribution >= 0.6 is 26.1 Å². The number of benzene rings is 9. The third-order valence-corrected chi connectivity index (χ3v) is 115. The van der Waals surface area contributed by atoms with Gasteiger partial charge >= 0.3 is 360 Å². The van der Waals surface area contributed by atoms with Crippen molar-refractivity contribution in [2.24, 2.45) is 0 Å². The third-order valence-electron chi connectivity index (χ3n) is 11.5. The Morgan fingerprint density at radius 1 is 0.186 bits per heavy atom. The molecule has 59 heavy (non-hydrogen) atoms. The van der Waals surface area contributed by atoms with Gasteiger partial charge in [-0.3, -0.25) is 0 Å². The maximum atomic E-state index is 10.5. The van der Waals surface area contributed by atoms with Crippen LogP contribution < -0.4 is 47.7 Å². The van der Waals surface area contributed by atoms with Crippen molar-refractivity contribution in [1.29, 1.82) is 0 Å².